The van der Waals surface area contributed by atoms with E-state index in [0.29, 0.717) is 23.2 Å². The summed E-state index contributed by atoms with van der Waals surface area (Å²) < 4.78 is 4.41. The molecule has 10 heteroatoms. The molecule has 8 aromatic carbocycles. The van der Waals surface area contributed by atoms with Gasteiger partial charge in [-0.3, -0.25) is 4.57 Å². The molecule has 3 aromatic heterocycles. The largest absolute Gasteiger partial charge is 0.509 e. The first-order valence-electron chi connectivity index (χ1n) is 19.8. The molecule has 6 radical (unpaired) electrons. The monoisotopic (exact) mass is 777 g/mol. The maximum absolute atomic E-state index is 11.5. The minimum Gasteiger partial charge on any atom is -0.509 e. The van der Waals surface area contributed by atoms with E-state index in [1.54, 1.807) is 0 Å². The number of nitrogens with zero attached hydrogens (tertiary/aromatic N) is 5. The Morgan fingerprint density at radius 3 is 1.44 bits per heavy atom. The number of aromatic nitrogens is 5. The molecule has 0 bridgehead atoms. The molecule has 61 heavy (non-hydrogen) atoms. The lowest BCUT2D eigenvalue weighted by molar-refractivity contribution is 0.472. The highest BCUT2D eigenvalue weighted by atomic mass is 16.3. The Morgan fingerprint density at radius 2 is 0.869 bits per heavy atom. The molecular formula is C51H30B3N5O2. The summed E-state index contributed by atoms with van der Waals surface area (Å²) in [6.45, 7) is 0. The maximum Gasteiger partial charge on any atom is 0.238 e. The predicted octanol–water partition coefficient (Wildman–Crippen LogP) is 8.53. The number of fused-ring (bicyclic) bond motifs is 7. The average molecular weight is 777 g/mol. The zero-order valence-electron chi connectivity index (χ0n) is 32.5. The van der Waals surface area contributed by atoms with Crippen LogP contribution < -0.4 is 16.4 Å². The van der Waals surface area contributed by atoms with Crippen molar-refractivity contribution in [3.05, 3.63) is 170 Å². The number of hydrogen-bond acceptors (Lipinski definition) is 5. The molecular weight excluding hydrogens is 747 g/mol. The second-order valence-corrected chi connectivity index (χ2v) is 15.0. The summed E-state index contributed by atoms with van der Waals surface area (Å²) in [5, 5.41) is 26.5. The Kier molecular flexibility index (Phi) is 8.42. The molecule has 0 amide bonds. The van der Waals surface area contributed by atoms with Crippen molar-refractivity contribution < 1.29 is 10.2 Å². The summed E-state index contributed by atoms with van der Waals surface area (Å²) in [5.74, 6) is 0.861. The van der Waals surface area contributed by atoms with E-state index in [1.807, 2.05) is 121 Å². The molecule has 0 aliphatic heterocycles. The molecule has 0 aliphatic rings. The van der Waals surface area contributed by atoms with Crippen LogP contribution in [-0.2, 0) is 0 Å². The highest BCUT2D eigenvalue weighted by Gasteiger charge is 2.26. The van der Waals surface area contributed by atoms with E-state index in [2.05, 4.69) is 57.7 Å². The van der Waals surface area contributed by atoms with Gasteiger partial charge < -0.3 is 14.8 Å². The molecule has 11 aromatic rings. The molecule has 280 valence electrons. The van der Waals surface area contributed by atoms with Crippen LogP contribution in [0.1, 0.15) is 0 Å². The third-order valence-electron chi connectivity index (χ3n) is 11.5. The molecule has 0 unspecified atom stereocenters. The van der Waals surface area contributed by atoms with Gasteiger partial charge in [0.2, 0.25) is 5.95 Å². The smallest absolute Gasteiger partial charge is 0.238 e. The Labute approximate surface area is 354 Å². The first kappa shape index (κ1) is 36.3. The van der Waals surface area contributed by atoms with Gasteiger partial charge in [0.25, 0.3) is 0 Å². The van der Waals surface area contributed by atoms with Gasteiger partial charge in [0.05, 0.1) is 27.8 Å². The zero-order valence-corrected chi connectivity index (χ0v) is 32.5. The highest BCUT2D eigenvalue weighted by molar-refractivity contribution is 6.54. The molecule has 0 fully saturated rings. The quantitative estimate of drug-likeness (QED) is 0.131. The van der Waals surface area contributed by atoms with Crippen LogP contribution in [0.5, 0.6) is 11.5 Å². The van der Waals surface area contributed by atoms with Crippen LogP contribution in [0.25, 0.3) is 100 Å². The van der Waals surface area contributed by atoms with E-state index >= 15 is 0 Å². The van der Waals surface area contributed by atoms with Crippen LogP contribution in [-0.4, -0.2) is 57.8 Å². The molecule has 0 saturated heterocycles. The summed E-state index contributed by atoms with van der Waals surface area (Å²) >= 11 is 0. The number of phenols is 2. The third kappa shape index (κ3) is 5.67. The standard InChI is InChI=1S/C51H30B3N5O2/c52-42-41(47(60)43(53)44(54)48(42)61)32-24-25-33(29-14-4-1-5-15-29)40(28-32)58-38-22-12-10-20-34(38)36-26-27-37-35-21-11-13-23-39(35)59(46(37)45(36)58)51-56-49(30-16-6-2-7-17-30)55-50(57-51)31-18-8-3-9-19-31/h1-28,60-61H. The highest BCUT2D eigenvalue weighted by Crippen LogP contribution is 2.44. The molecule has 7 nitrogen and oxygen atoms in total. The van der Waals surface area contributed by atoms with Crippen LogP contribution in [0, 0.1) is 0 Å². The maximum atomic E-state index is 11.5. The van der Waals surface area contributed by atoms with Crippen molar-refractivity contribution in [1.82, 2.24) is 24.1 Å². The van der Waals surface area contributed by atoms with Crippen LogP contribution in [0.3, 0.4) is 0 Å². The van der Waals surface area contributed by atoms with Crippen molar-refractivity contribution in [3.63, 3.8) is 0 Å². The normalized spacial score (nSPS) is 11.6. The van der Waals surface area contributed by atoms with Gasteiger partial charge in [-0.1, -0.05) is 163 Å². The molecule has 0 spiro atoms. The minimum absolute atomic E-state index is 0.0781. The second kappa shape index (κ2) is 14.2. The van der Waals surface area contributed by atoms with Crippen LogP contribution in [0.15, 0.2) is 170 Å². The summed E-state index contributed by atoms with van der Waals surface area (Å²) in [4.78, 5) is 15.5. The lowest BCUT2D eigenvalue weighted by Gasteiger charge is -2.20. The molecule has 0 saturated carbocycles. The topological polar surface area (TPSA) is 89.0 Å². The van der Waals surface area contributed by atoms with Gasteiger partial charge in [-0.25, -0.2) is 4.98 Å². The first-order valence-corrected chi connectivity index (χ1v) is 19.8. The van der Waals surface area contributed by atoms with Gasteiger partial charge in [-0.2, -0.15) is 9.97 Å². The molecule has 3 heterocycles. The van der Waals surface area contributed by atoms with Crippen molar-refractivity contribution in [3.8, 4) is 68.2 Å². The van der Waals surface area contributed by atoms with E-state index in [-0.39, 0.29) is 33.5 Å². The Bertz CT molecular complexity index is 3450. The van der Waals surface area contributed by atoms with E-state index in [9.17, 15) is 10.2 Å². The molecule has 2 N–H and O–H groups in total. The lowest BCUT2D eigenvalue weighted by Crippen LogP contribution is -2.32. The van der Waals surface area contributed by atoms with Crippen molar-refractivity contribution in [2.75, 3.05) is 0 Å². The Balaban J connectivity index is 1.31. The van der Waals surface area contributed by atoms with Crippen molar-refractivity contribution >= 4 is 83.5 Å². The predicted molar refractivity (Wildman–Crippen MR) is 250 cm³/mol. The van der Waals surface area contributed by atoms with Crippen LogP contribution >= 0.6 is 0 Å². The fourth-order valence-corrected chi connectivity index (χ4v) is 8.66. The van der Waals surface area contributed by atoms with E-state index < -0.39 is 0 Å². The fourth-order valence-electron chi connectivity index (χ4n) is 8.66. The van der Waals surface area contributed by atoms with Gasteiger partial charge in [0.1, 0.15) is 35.0 Å². The molecule has 0 aliphatic carbocycles. The van der Waals surface area contributed by atoms with Crippen molar-refractivity contribution in [2.24, 2.45) is 0 Å². The Morgan fingerprint density at radius 1 is 0.393 bits per heavy atom. The third-order valence-corrected chi connectivity index (χ3v) is 11.5. The number of rotatable bonds is 6. The number of benzene rings is 8. The molecule has 11 rings (SSSR count). The number of phenolic OH excluding ortho intramolecular Hbond substituents is 2. The van der Waals surface area contributed by atoms with Gasteiger partial charge in [0, 0.05) is 43.8 Å². The van der Waals surface area contributed by atoms with Gasteiger partial charge in [-0.05, 0) is 34.8 Å². The van der Waals surface area contributed by atoms with Gasteiger partial charge in [0.15, 0.2) is 11.6 Å². The van der Waals surface area contributed by atoms with E-state index in [4.69, 9.17) is 38.5 Å². The minimum atomic E-state index is -0.385. The SMILES string of the molecule is [B]c1c([B])c(O)c(-c2ccc(-c3ccccc3)c(-n3c4ccccc4c4ccc5c6ccccc6n(-c6nc(-c7ccccc7)nc(-c7ccccc7)n6)c5c43)c2)c([B])c1O. The van der Waals surface area contributed by atoms with Gasteiger partial charge >= 0.3 is 0 Å². The number of hydrogen-bond donors (Lipinski definition) is 2. The van der Waals surface area contributed by atoms with E-state index in [1.165, 1.54) is 0 Å². The van der Waals surface area contributed by atoms with Crippen LogP contribution in [0.2, 0.25) is 0 Å². The Hall–Kier alpha value is -7.84. The van der Waals surface area contributed by atoms with Crippen molar-refractivity contribution in [2.45, 2.75) is 0 Å². The fraction of sp³-hybridized carbons (Fsp3) is 0. The van der Waals surface area contributed by atoms with E-state index in [0.717, 1.165) is 71.6 Å². The lowest BCUT2D eigenvalue weighted by atomic mass is 9.72. The summed E-state index contributed by atoms with van der Waals surface area (Å²) in [6.07, 6.45) is 0. The summed E-state index contributed by atoms with van der Waals surface area (Å²) in [5.41, 5.74) is 8.36. The summed E-state index contributed by atoms with van der Waals surface area (Å²) in [7, 11) is 18.8. The number of aromatic hydroxyl groups is 2. The zero-order chi connectivity index (χ0) is 41.4. The van der Waals surface area contributed by atoms with Crippen molar-refractivity contribution in [1.29, 1.82) is 0 Å². The van der Waals surface area contributed by atoms with Gasteiger partial charge in [-0.15, -0.1) is 0 Å². The second-order valence-electron chi connectivity index (χ2n) is 15.0. The average Bonchev–Trinajstić information content (AvgIpc) is 3.84. The first-order chi connectivity index (χ1) is 29.9. The molecule has 0 atom stereocenters. The number of para-hydroxylation sites is 2. The summed E-state index contributed by atoms with van der Waals surface area (Å²) in [6, 6.07) is 56.9. The van der Waals surface area contributed by atoms with Crippen LogP contribution in [0.4, 0.5) is 0 Å².